The van der Waals surface area contributed by atoms with Gasteiger partial charge in [-0.1, -0.05) is 12.1 Å². The van der Waals surface area contributed by atoms with Crippen molar-refractivity contribution in [2.24, 2.45) is 10.7 Å². The molecule has 0 bridgehead atoms. The van der Waals surface area contributed by atoms with E-state index in [4.69, 9.17) is 10.2 Å². The summed E-state index contributed by atoms with van der Waals surface area (Å²) < 4.78 is 46.1. The van der Waals surface area contributed by atoms with Crippen molar-refractivity contribution in [3.8, 4) is 5.75 Å². The Balaban J connectivity index is 0.00000312. The Bertz CT molecular complexity index is 704. The van der Waals surface area contributed by atoms with Crippen molar-refractivity contribution < 1.29 is 27.4 Å². The van der Waals surface area contributed by atoms with E-state index in [2.05, 4.69) is 15.0 Å². The number of para-hydroxylation sites is 2. The molecule has 4 N–H and O–H groups in total. The van der Waals surface area contributed by atoms with Crippen molar-refractivity contribution in [2.45, 2.75) is 18.9 Å². The standard InChI is InChI=1S/C15H16F3N3O3.HI/c1-14(22,12-7-4-8-23-12)9-20-13(19)21-10-5-2-3-6-11(10)24-15(16,17)18;/h2-8,22H,9H2,1H3,(H3,19,20,21);1H. The second kappa shape index (κ2) is 8.43. The maximum absolute atomic E-state index is 12.4. The maximum Gasteiger partial charge on any atom is 0.573 e. The van der Waals surface area contributed by atoms with Crippen LogP contribution in [-0.2, 0) is 5.60 Å². The van der Waals surface area contributed by atoms with E-state index >= 15 is 0 Å². The fourth-order valence-electron chi connectivity index (χ4n) is 1.86. The number of aliphatic hydroxyl groups is 1. The lowest BCUT2D eigenvalue weighted by molar-refractivity contribution is -0.274. The molecule has 6 nitrogen and oxygen atoms in total. The van der Waals surface area contributed by atoms with E-state index in [9.17, 15) is 18.3 Å². The summed E-state index contributed by atoms with van der Waals surface area (Å²) in [4.78, 5) is 3.92. The minimum Gasteiger partial charge on any atom is -0.466 e. The monoisotopic (exact) mass is 471 g/mol. The van der Waals surface area contributed by atoms with E-state index in [1.807, 2.05) is 0 Å². The highest BCUT2D eigenvalue weighted by Gasteiger charge is 2.32. The number of nitrogens with zero attached hydrogens (tertiary/aromatic N) is 1. The average Bonchev–Trinajstić information content (AvgIpc) is 3.01. The van der Waals surface area contributed by atoms with Crippen molar-refractivity contribution in [3.05, 3.63) is 48.4 Å². The molecule has 0 aliphatic heterocycles. The molecule has 0 amide bonds. The number of halogens is 4. The summed E-state index contributed by atoms with van der Waals surface area (Å²) in [7, 11) is 0. The zero-order valence-electron chi connectivity index (χ0n) is 13.1. The van der Waals surface area contributed by atoms with E-state index in [1.54, 1.807) is 12.1 Å². The van der Waals surface area contributed by atoms with E-state index in [0.717, 1.165) is 6.07 Å². The Labute approximate surface area is 158 Å². The molecular formula is C15H17F3IN3O3. The van der Waals surface area contributed by atoms with Gasteiger partial charge in [-0.15, -0.1) is 37.1 Å². The molecule has 10 heteroatoms. The molecule has 2 aromatic rings. The highest BCUT2D eigenvalue weighted by Crippen LogP contribution is 2.29. The second-order valence-electron chi connectivity index (χ2n) is 5.12. The van der Waals surface area contributed by atoms with Gasteiger partial charge >= 0.3 is 6.36 Å². The number of nitrogens with two attached hydrogens (primary N) is 1. The molecule has 2 rings (SSSR count). The highest BCUT2D eigenvalue weighted by atomic mass is 127. The first-order chi connectivity index (χ1) is 11.2. The van der Waals surface area contributed by atoms with Crippen molar-refractivity contribution in [2.75, 3.05) is 11.9 Å². The van der Waals surface area contributed by atoms with Gasteiger partial charge in [-0.05, 0) is 31.2 Å². The lowest BCUT2D eigenvalue weighted by Crippen LogP contribution is -2.29. The molecule has 0 spiro atoms. The third-order valence-electron chi connectivity index (χ3n) is 2.98. The van der Waals surface area contributed by atoms with Crippen molar-refractivity contribution in [1.29, 1.82) is 0 Å². The summed E-state index contributed by atoms with van der Waals surface area (Å²) in [5.41, 5.74) is 4.25. The van der Waals surface area contributed by atoms with Crippen LogP contribution in [0.4, 0.5) is 18.9 Å². The first kappa shape index (κ1) is 21.1. The van der Waals surface area contributed by atoms with Crippen LogP contribution in [0, 0.1) is 0 Å². The zero-order chi connectivity index (χ0) is 17.8. The topological polar surface area (TPSA) is 93.0 Å². The molecule has 0 aliphatic carbocycles. The largest absolute Gasteiger partial charge is 0.573 e. The van der Waals surface area contributed by atoms with Crippen molar-refractivity contribution >= 4 is 35.6 Å². The molecule has 1 unspecified atom stereocenters. The number of nitrogens with one attached hydrogen (secondary N) is 1. The second-order valence-corrected chi connectivity index (χ2v) is 5.12. The van der Waals surface area contributed by atoms with Crippen LogP contribution in [0.1, 0.15) is 12.7 Å². The number of benzene rings is 1. The van der Waals surface area contributed by atoms with Crippen molar-refractivity contribution in [1.82, 2.24) is 0 Å². The summed E-state index contributed by atoms with van der Waals surface area (Å²) in [5.74, 6) is -0.333. The molecule has 1 aromatic carbocycles. The highest BCUT2D eigenvalue weighted by molar-refractivity contribution is 14.0. The molecule has 25 heavy (non-hydrogen) atoms. The molecule has 1 aromatic heterocycles. The third-order valence-corrected chi connectivity index (χ3v) is 2.98. The third kappa shape index (κ3) is 6.46. The van der Waals surface area contributed by atoms with Gasteiger partial charge in [-0.3, -0.25) is 0 Å². The van der Waals surface area contributed by atoms with Crippen LogP contribution >= 0.6 is 24.0 Å². The van der Waals surface area contributed by atoms with Crippen LogP contribution in [-0.4, -0.2) is 24.0 Å². The number of anilines is 1. The number of guanidine groups is 1. The summed E-state index contributed by atoms with van der Waals surface area (Å²) in [6.07, 6.45) is -3.42. The number of aliphatic imine (C=N–C) groups is 1. The van der Waals surface area contributed by atoms with Gasteiger partial charge < -0.3 is 25.3 Å². The number of alkyl halides is 3. The van der Waals surface area contributed by atoms with Gasteiger partial charge in [0, 0.05) is 0 Å². The smallest absolute Gasteiger partial charge is 0.466 e. The van der Waals surface area contributed by atoms with Crippen LogP contribution < -0.4 is 15.8 Å². The van der Waals surface area contributed by atoms with Gasteiger partial charge in [0.15, 0.2) is 11.7 Å². The van der Waals surface area contributed by atoms with Gasteiger partial charge in [-0.25, -0.2) is 4.99 Å². The Morgan fingerprint density at radius 1 is 1.28 bits per heavy atom. The molecule has 1 heterocycles. The average molecular weight is 471 g/mol. The molecular weight excluding hydrogens is 454 g/mol. The minimum absolute atomic E-state index is 0. The van der Waals surface area contributed by atoms with Crippen LogP contribution in [0.5, 0.6) is 5.75 Å². The summed E-state index contributed by atoms with van der Waals surface area (Å²) in [5, 5.41) is 12.8. The maximum atomic E-state index is 12.4. The van der Waals surface area contributed by atoms with Crippen LogP contribution in [0.3, 0.4) is 0 Å². The first-order valence-electron chi connectivity index (χ1n) is 6.85. The number of hydrogen-bond donors (Lipinski definition) is 3. The van der Waals surface area contributed by atoms with Gasteiger partial charge in [-0.2, -0.15) is 0 Å². The Morgan fingerprint density at radius 3 is 2.56 bits per heavy atom. The molecule has 1 atom stereocenters. The SMILES string of the molecule is CC(O)(CN=C(N)Nc1ccccc1OC(F)(F)F)c1ccco1.I. The fourth-order valence-corrected chi connectivity index (χ4v) is 1.86. The fraction of sp³-hybridized carbons (Fsp3) is 0.267. The van der Waals surface area contributed by atoms with E-state index in [1.165, 1.54) is 31.4 Å². The van der Waals surface area contributed by atoms with E-state index in [-0.39, 0.29) is 42.2 Å². The Morgan fingerprint density at radius 2 is 1.96 bits per heavy atom. The lowest BCUT2D eigenvalue weighted by atomic mass is 10.0. The minimum atomic E-state index is -4.83. The Hall–Kier alpha value is -1.95. The zero-order valence-corrected chi connectivity index (χ0v) is 15.4. The van der Waals surface area contributed by atoms with Crippen LogP contribution in [0.15, 0.2) is 52.1 Å². The molecule has 0 fully saturated rings. The normalized spacial score (nSPS) is 14.4. The first-order valence-corrected chi connectivity index (χ1v) is 6.85. The number of ether oxygens (including phenoxy) is 1. The molecule has 0 saturated heterocycles. The molecule has 138 valence electrons. The Kier molecular flexibility index (Phi) is 7.11. The predicted molar refractivity (Wildman–Crippen MR) is 96.9 cm³/mol. The molecule has 0 aliphatic rings. The predicted octanol–water partition coefficient (Wildman–Crippen LogP) is 3.43. The van der Waals surface area contributed by atoms with Gasteiger partial charge in [0.25, 0.3) is 0 Å². The summed E-state index contributed by atoms with van der Waals surface area (Å²) in [6, 6.07) is 8.58. The van der Waals surface area contributed by atoms with E-state index < -0.39 is 17.7 Å². The summed E-state index contributed by atoms with van der Waals surface area (Å²) >= 11 is 0. The number of hydrogen-bond acceptors (Lipinski definition) is 4. The number of rotatable bonds is 5. The summed E-state index contributed by atoms with van der Waals surface area (Å²) in [6.45, 7) is 1.32. The van der Waals surface area contributed by atoms with Gasteiger partial charge in [0.2, 0.25) is 0 Å². The van der Waals surface area contributed by atoms with Gasteiger partial charge in [0.1, 0.15) is 11.4 Å². The van der Waals surface area contributed by atoms with Crippen LogP contribution in [0.25, 0.3) is 0 Å². The number of furan rings is 1. The van der Waals surface area contributed by atoms with Crippen molar-refractivity contribution in [3.63, 3.8) is 0 Å². The lowest BCUT2D eigenvalue weighted by Gasteiger charge is -2.19. The van der Waals surface area contributed by atoms with Crippen LogP contribution in [0.2, 0.25) is 0 Å². The molecule has 0 radical (unpaired) electrons. The van der Waals surface area contributed by atoms with Gasteiger partial charge in [0.05, 0.1) is 18.5 Å². The molecule has 0 saturated carbocycles. The van der Waals surface area contributed by atoms with E-state index in [0.29, 0.717) is 5.76 Å². The quantitative estimate of drug-likeness (QED) is 0.353.